The lowest BCUT2D eigenvalue weighted by molar-refractivity contribution is 1.00. The quantitative estimate of drug-likeness (QED) is 0.768. The molecular weight excluding hydrogens is 196 g/mol. The van der Waals surface area contributed by atoms with Crippen LogP contribution in [0.5, 0.6) is 0 Å². The van der Waals surface area contributed by atoms with Crippen molar-refractivity contribution in [2.45, 2.75) is 33.2 Å². The molecule has 1 heterocycles. The topological polar surface area (TPSA) is 38.9 Å². The summed E-state index contributed by atoms with van der Waals surface area (Å²) in [7, 11) is 0. The largest absolute Gasteiger partial charge is 0.326 e. The molecule has 0 spiro atoms. The predicted octanol–water partition coefficient (Wildman–Crippen LogP) is 3.00. The first-order valence-corrected chi connectivity index (χ1v) is 5.75. The number of allylic oxidation sites excluding steroid dienone is 4. The zero-order valence-electron chi connectivity index (χ0n) is 10.1. The first-order chi connectivity index (χ1) is 7.80. The van der Waals surface area contributed by atoms with E-state index in [4.69, 9.17) is 5.73 Å². The van der Waals surface area contributed by atoms with Gasteiger partial charge in [0.15, 0.2) is 0 Å². The summed E-state index contributed by atoms with van der Waals surface area (Å²) in [5.41, 5.74) is 9.00. The van der Waals surface area contributed by atoms with Crippen LogP contribution in [0.3, 0.4) is 0 Å². The van der Waals surface area contributed by atoms with Gasteiger partial charge in [0.1, 0.15) is 0 Å². The number of rotatable bonds is 5. The highest BCUT2D eigenvalue weighted by molar-refractivity contribution is 5.25. The molecule has 1 aromatic heterocycles. The number of nitrogens with zero attached hydrogens (tertiary/aromatic N) is 1. The van der Waals surface area contributed by atoms with E-state index in [0.29, 0.717) is 6.54 Å². The SMILES string of the molecule is C/C=C(\C=C/CC)Cc1ccc(CN)cn1. The van der Waals surface area contributed by atoms with Crippen LogP contribution >= 0.6 is 0 Å². The van der Waals surface area contributed by atoms with E-state index in [9.17, 15) is 0 Å². The van der Waals surface area contributed by atoms with Crippen LogP contribution in [0.1, 0.15) is 31.5 Å². The fraction of sp³-hybridized carbons (Fsp3) is 0.357. The molecular formula is C14H20N2. The van der Waals surface area contributed by atoms with Crippen molar-refractivity contribution in [1.82, 2.24) is 4.98 Å². The van der Waals surface area contributed by atoms with Crippen LogP contribution < -0.4 is 5.73 Å². The number of pyridine rings is 1. The maximum absolute atomic E-state index is 5.53. The zero-order chi connectivity index (χ0) is 11.8. The van der Waals surface area contributed by atoms with Gasteiger partial charge in [-0.25, -0.2) is 0 Å². The van der Waals surface area contributed by atoms with Crippen molar-refractivity contribution in [3.63, 3.8) is 0 Å². The summed E-state index contributed by atoms with van der Waals surface area (Å²) in [4.78, 5) is 4.39. The van der Waals surface area contributed by atoms with Gasteiger partial charge in [-0.3, -0.25) is 4.98 Å². The lowest BCUT2D eigenvalue weighted by Crippen LogP contribution is -1.98. The molecule has 0 unspecified atom stereocenters. The van der Waals surface area contributed by atoms with Gasteiger partial charge in [0.25, 0.3) is 0 Å². The van der Waals surface area contributed by atoms with E-state index < -0.39 is 0 Å². The van der Waals surface area contributed by atoms with Crippen LogP contribution in [-0.2, 0) is 13.0 Å². The average molecular weight is 216 g/mol. The van der Waals surface area contributed by atoms with Gasteiger partial charge in [-0.1, -0.05) is 31.2 Å². The van der Waals surface area contributed by atoms with Crippen molar-refractivity contribution >= 4 is 0 Å². The Morgan fingerprint density at radius 3 is 2.75 bits per heavy atom. The summed E-state index contributed by atoms with van der Waals surface area (Å²) < 4.78 is 0. The average Bonchev–Trinajstić information content (AvgIpc) is 2.35. The molecule has 0 saturated carbocycles. The Balaban J connectivity index is 2.67. The van der Waals surface area contributed by atoms with Gasteiger partial charge in [-0.2, -0.15) is 0 Å². The van der Waals surface area contributed by atoms with Crippen molar-refractivity contribution in [3.05, 3.63) is 53.4 Å². The van der Waals surface area contributed by atoms with Crippen molar-refractivity contribution in [1.29, 1.82) is 0 Å². The Morgan fingerprint density at radius 1 is 1.44 bits per heavy atom. The van der Waals surface area contributed by atoms with Crippen LogP contribution in [0.4, 0.5) is 0 Å². The van der Waals surface area contributed by atoms with E-state index in [1.54, 1.807) is 0 Å². The molecule has 0 atom stereocenters. The first-order valence-electron chi connectivity index (χ1n) is 5.75. The van der Waals surface area contributed by atoms with Crippen LogP contribution in [0, 0.1) is 0 Å². The Labute approximate surface area is 97.9 Å². The van der Waals surface area contributed by atoms with Crippen LogP contribution in [0.25, 0.3) is 0 Å². The molecule has 0 bridgehead atoms. The second kappa shape index (κ2) is 6.96. The summed E-state index contributed by atoms with van der Waals surface area (Å²) in [6, 6.07) is 4.09. The maximum Gasteiger partial charge on any atom is 0.0447 e. The Morgan fingerprint density at radius 2 is 2.25 bits per heavy atom. The molecule has 1 aromatic rings. The van der Waals surface area contributed by atoms with Gasteiger partial charge in [0.2, 0.25) is 0 Å². The van der Waals surface area contributed by atoms with Crippen molar-refractivity contribution in [3.8, 4) is 0 Å². The van der Waals surface area contributed by atoms with Gasteiger partial charge < -0.3 is 5.73 Å². The maximum atomic E-state index is 5.53. The predicted molar refractivity (Wildman–Crippen MR) is 69.0 cm³/mol. The van der Waals surface area contributed by atoms with E-state index in [0.717, 1.165) is 24.1 Å². The number of nitrogens with two attached hydrogens (primary N) is 1. The summed E-state index contributed by atoms with van der Waals surface area (Å²) in [5, 5.41) is 0. The molecule has 0 fully saturated rings. The third-order valence-electron chi connectivity index (χ3n) is 2.45. The fourth-order valence-electron chi connectivity index (χ4n) is 1.42. The van der Waals surface area contributed by atoms with Crippen molar-refractivity contribution < 1.29 is 0 Å². The number of aromatic nitrogens is 1. The molecule has 86 valence electrons. The fourth-order valence-corrected chi connectivity index (χ4v) is 1.42. The van der Waals surface area contributed by atoms with Crippen LogP contribution in [0.2, 0.25) is 0 Å². The minimum atomic E-state index is 0.555. The third-order valence-corrected chi connectivity index (χ3v) is 2.45. The Hall–Kier alpha value is -1.41. The first kappa shape index (κ1) is 12.7. The van der Waals surface area contributed by atoms with Gasteiger partial charge in [0.05, 0.1) is 0 Å². The molecule has 2 N–H and O–H groups in total. The van der Waals surface area contributed by atoms with E-state index in [2.05, 4.69) is 37.1 Å². The second-order valence-electron chi connectivity index (χ2n) is 3.71. The molecule has 1 rings (SSSR count). The molecule has 0 aliphatic carbocycles. The van der Waals surface area contributed by atoms with E-state index >= 15 is 0 Å². The lowest BCUT2D eigenvalue weighted by atomic mass is 10.1. The van der Waals surface area contributed by atoms with Gasteiger partial charge in [-0.05, 0) is 30.5 Å². The highest BCUT2D eigenvalue weighted by Gasteiger charge is 1.97. The highest BCUT2D eigenvalue weighted by Crippen LogP contribution is 2.08. The molecule has 0 aliphatic heterocycles. The molecule has 0 saturated heterocycles. The second-order valence-corrected chi connectivity index (χ2v) is 3.71. The summed E-state index contributed by atoms with van der Waals surface area (Å²) in [5.74, 6) is 0. The lowest BCUT2D eigenvalue weighted by Gasteiger charge is -2.02. The smallest absolute Gasteiger partial charge is 0.0447 e. The van der Waals surface area contributed by atoms with E-state index in [-0.39, 0.29) is 0 Å². The Kier molecular flexibility index (Phi) is 5.51. The third kappa shape index (κ3) is 3.99. The number of hydrogen-bond acceptors (Lipinski definition) is 2. The molecule has 0 aromatic carbocycles. The van der Waals surface area contributed by atoms with Crippen LogP contribution in [-0.4, -0.2) is 4.98 Å². The summed E-state index contributed by atoms with van der Waals surface area (Å²) in [6.45, 7) is 4.75. The van der Waals surface area contributed by atoms with Gasteiger partial charge in [-0.15, -0.1) is 0 Å². The van der Waals surface area contributed by atoms with E-state index in [1.165, 1.54) is 5.57 Å². The highest BCUT2D eigenvalue weighted by atomic mass is 14.7. The minimum Gasteiger partial charge on any atom is -0.326 e. The van der Waals surface area contributed by atoms with Crippen LogP contribution in [0.15, 0.2) is 42.1 Å². The number of hydrogen-bond donors (Lipinski definition) is 1. The molecule has 0 radical (unpaired) electrons. The summed E-state index contributed by atoms with van der Waals surface area (Å²) in [6.07, 6.45) is 10.3. The molecule has 2 heteroatoms. The van der Waals surface area contributed by atoms with E-state index in [1.807, 2.05) is 18.3 Å². The molecule has 0 aliphatic rings. The summed E-state index contributed by atoms with van der Waals surface area (Å²) >= 11 is 0. The van der Waals surface area contributed by atoms with Gasteiger partial charge in [0, 0.05) is 24.9 Å². The zero-order valence-corrected chi connectivity index (χ0v) is 10.1. The Bertz CT molecular complexity index is 361. The van der Waals surface area contributed by atoms with Gasteiger partial charge >= 0.3 is 0 Å². The normalized spacial score (nSPS) is 12.3. The monoisotopic (exact) mass is 216 g/mol. The van der Waals surface area contributed by atoms with Crippen molar-refractivity contribution in [2.24, 2.45) is 5.73 Å². The molecule has 2 nitrogen and oxygen atoms in total. The minimum absolute atomic E-state index is 0.555. The molecule has 0 amide bonds. The molecule has 16 heavy (non-hydrogen) atoms. The standard InChI is InChI=1S/C14H20N2/c1-3-5-6-12(4-2)9-14-8-7-13(10-15)11-16-14/h4-8,11H,3,9-10,15H2,1-2H3/b6-5-,12-4+. The van der Waals surface area contributed by atoms with Crippen molar-refractivity contribution in [2.75, 3.05) is 0 Å².